The number of aliphatic hydroxyl groups is 1. The van der Waals surface area contributed by atoms with Crippen LogP contribution in [0.4, 0.5) is 0 Å². The van der Waals surface area contributed by atoms with Crippen molar-refractivity contribution in [3.05, 3.63) is 63.6 Å². The van der Waals surface area contributed by atoms with Gasteiger partial charge in [0, 0.05) is 47.7 Å². The second-order valence-corrected chi connectivity index (χ2v) is 10.5. The normalized spacial score (nSPS) is 19.1. The number of carbonyl (C=O) groups is 2. The van der Waals surface area contributed by atoms with Crippen LogP contribution in [0.5, 0.6) is 5.75 Å². The minimum Gasteiger partial charge on any atom is -0.494 e. The predicted molar refractivity (Wildman–Crippen MR) is 142 cm³/mol. The molecule has 0 spiro atoms. The average molecular weight is 551 g/mol. The molecule has 3 rings (SSSR count). The average Bonchev–Trinajstić information content (AvgIpc) is 3.22. The highest BCUT2D eigenvalue weighted by atomic mass is 35.5. The molecule has 1 heterocycles. The maximum Gasteiger partial charge on any atom is 0.306 e. The lowest BCUT2D eigenvalue weighted by molar-refractivity contribution is -0.155. The standard InChI is InChI=1S/C27H32Cl2N2O6/c1-26(2,3)37-22(33)12-13-27(25(34)30-4)23(20-11-8-18(28)16-21(20)29)36-24(31-27)17-6-9-19(10-7-17)35-15-5-14-32/h6-11,16,23,32H,5,12-15H2,1-4H3,(H,30,34)/t23-,27-/m1/s1. The number of ether oxygens (including phenoxy) is 3. The summed E-state index contributed by atoms with van der Waals surface area (Å²) in [6.07, 6.45) is -0.440. The van der Waals surface area contributed by atoms with E-state index in [0.29, 0.717) is 39.9 Å². The van der Waals surface area contributed by atoms with Crippen molar-refractivity contribution in [2.24, 2.45) is 4.99 Å². The molecule has 2 aromatic carbocycles. The first-order chi connectivity index (χ1) is 17.5. The van der Waals surface area contributed by atoms with Crippen molar-refractivity contribution in [3.63, 3.8) is 0 Å². The highest BCUT2D eigenvalue weighted by molar-refractivity contribution is 6.35. The topological polar surface area (TPSA) is 106 Å². The van der Waals surface area contributed by atoms with Crippen molar-refractivity contribution in [2.75, 3.05) is 20.3 Å². The van der Waals surface area contributed by atoms with Crippen molar-refractivity contribution in [2.45, 2.75) is 57.3 Å². The van der Waals surface area contributed by atoms with Crippen LogP contribution < -0.4 is 10.1 Å². The van der Waals surface area contributed by atoms with Gasteiger partial charge in [-0.2, -0.15) is 0 Å². The summed E-state index contributed by atoms with van der Waals surface area (Å²) in [5, 5.41) is 12.4. The molecule has 0 unspecified atom stereocenters. The Labute approximate surface area is 226 Å². The molecule has 2 N–H and O–H groups in total. The van der Waals surface area contributed by atoms with Crippen LogP contribution in [0.25, 0.3) is 0 Å². The number of benzene rings is 2. The van der Waals surface area contributed by atoms with Gasteiger partial charge in [-0.1, -0.05) is 29.3 Å². The van der Waals surface area contributed by atoms with Gasteiger partial charge in [-0.3, -0.25) is 9.59 Å². The van der Waals surface area contributed by atoms with E-state index in [1.54, 1.807) is 63.2 Å². The van der Waals surface area contributed by atoms with Crippen LogP contribution in [-0.4, -0.2) is 54.3 Å². The summed E-state index contributed by atoms with van der Waals surface area (Å²) in [6, 6.07) is 12.0. The van der Waals surface area contributed by atoms with Gasteiger partial charge in [0.25, 0.3) is 5.91 Å². The Morgan fingerprint density at radius 3 is 2.46 bits per heavy atom. The summed E-state index contributed by atoms with van der Waals surface area (Å²) in [7, 11) is 1.50. The number of nitrogens with zero attached hydrogens (tertiary/aromatic N) is 1. The summed E-state index contributed by atoms with van der Waals surface area (Å²) in [5.74, 6) is -0.0305. The molecule has 10 heteroatoms. The zero-order valence-corrected chi connectivity index (χ0v) is 22.9. The molecule has 0 radical (unpaired) electrons. The molecule has 2 aromatic rings. The molecular formula is C27H32Cl2N2O6. The van der Waals surface area contributed by atoms with Gasteiger partial charge in [-0.05, 0) is 63.6 Å². The lowest BCUT2D eigenvalue weighted by Gasteiger charge is -2.30. The van der Waals surface area contributed by atoms with E-state index in [1.165, 1.54) is 7.05 Å². The minimum absolute atomic E-state index is 0.0249. The highest BCUT2D eigenvalue weighted by Crippen LogP contribution is 2.45. The van der Waals surface area contributed by atoms with Gasteiger partial charge >= 0.3 is 5.97 Å². The fraction of sp³-hybridized carbons (Fsp3) is 0.444. The molecule has 200 valence electrons. The molecule has 0 saturated carbocycles. The largest absolute Gasteiger partial charge is 0.494 e. The zero-order chi connectivity index (χ0) is 27.2. The van der Waals surface area contributed by atoms with Gasteiger partial charge in [0.05, 0.1) is 6.61 Å². The Morgan fingerprint density at radius 1 is 1.16 bits per heavy atom. The molecule has 0 bridgehead atoms. The van der Waals surface area contributed by atoms with E-state index >= 15 is 0 Å². The van der Waals surface area contributed by atoms with Crippen LogP contribution in [0.3, 0.4) is 0 Å². The smallest absolute Gasteiger partial charge is 0.306 e. The van der Waals surface area contributed by atoms with Gasteiger partial charge in [0.1, 0.15) is 11.4 Å². The minimum atomic E-state index is -1.49. The Balaban J connectivity index is 2.01. The molecule has 1 amide bonds. The molecule has 0 fully saturated rings. The van der Waals surface area contributed by atoms with Crippen LogP contribution in [-0.2, 0) is 19.1 Å². The molecular weight excluding hydrogens is 519 g/mol. The third-order valence-corrected chi connectivity index (χ3v) is 6.19. The maximum absolute atomic E-state index is 13.4. The number of esters is 1. The number of amides is 1. The van der Waals surface area contributed by atoms with E-state index < -0.39 is 29.1 Å². The van der Waals surface area contributed by atoms with Gasteiger partial charge in [-0.25, -0.2) is 4.99 Å². The number of aliphatic hydroxyl groups excluding tert-OH is 1. The van der Waals surface area contributed by atoms with E-state index in [-0.39, 0.29) is 25.3 Å². The van der Waals surface area contributed by atoms with Crippen molar-refractivity contribution >= 4 is 41.0 Å². The summed E-state index contributed by atoms with van der Waals surface area (Å²) < 4.78 is 17.4. The van der Waals surface area contributed by atoms with Crippen LogP contribution in [0.15, 0.2) is 47.5 Å². The second-order valence-electron chi connectivity index (χ2n) is 9.62. The van der Waals surface area contributed by atoms with Crippen molar-refractivity contribution in [1.82, 2.24) is 5.32 Å². The zero-order valence-electron chi connectivity index (χ0n) is 21.3. The molecule has 1 aliphatic heterocycles. The van der Waals surface area contributed by atoms with E-state index in [9.17, 15) is 9.59 Å². The van der Waals surface area contributed by atoms with Gasteiger partial charge in [-0.15, -0.1) is 0 Å². The molecule has 1 aliphatic rings. The van der Waals surface area contributed by atoms with Crippen LogP contribution in [0.1, 0.15) is 57.3 Å². The van der Waals surface area contributed by atoms with E-state index in [2.05, 4.69) is 5.32 Å². The van der Waals surface area contributed by atoms with Crippen LogP contribution >= 0.6 is 23.2 Å². The lowest BCUT2D eigenvalue weighted by atomic mass is 9.83. The van der Waals surface area contributed by atoms with E-state index in [0.717, 1.165) is 0 Å². The number of rotatable bonds is 10. The Hall–Kier alpha value is -2.81. The van der Waals surface area contributed by atoms with Crippen molar-refractivity contribution in [3.8, 4) is 5.75 Å². The second kappa shape index (κ2) is 12.2. The molecule has 0 aromatic heterocycles. The maximum atomic E-state index is 13.4. The number of halogens is 2. The Morgan fingerprint density at radius 2 is 1.86 bits per heavy atom. The summed E-state index contributed by atoms with van der Waals surface area (Å²) in [5.41, 5.74) is -1.03. The predicted octanol–water partition coefficient (Wildman–Crippen LogP) is 4.88. The number of hydrogen-bond donors (Lipinski definition) is 2. The third kappa shape index (κ3) is 7.15. The van der Waals surface area contributed by atoms with Gasteiger partial charge < -0.3 is 24.6 Å². The molecule has 0 aliphatic carbocycles. The van der Waals surface area contributed by atoms with Gasteiger partial charge in [0.15, 0.2) is 11.6 Å². The van der Waals surface area contributed by atoms with E-state index in [4.69, 9.17) is 47.5 Å². The molecule has 8 nitrogen and oxygen atoms in total. The molecule has 37 heavy (non-hydrogen) atoms. The van der Waals surface area contributed by atoms with Crippen LogP contribution in [0.2, 0.25) is 10.0 Å². The number of hydrogen-bond acceptors (Lipinski definition) is 7. The lowest BCUT2D eigenvalue weighted by Crippen LogP contribution is -2.47. The first-order valence-electron chi connectivity index (χ1n) is 12.0. The first-order valence-corrected chi connectivity index (χ1v) is 12.7. The summed E-state index contributed by atoms with van der Waals surface area (Å²) >= 11 is 12.6. The summed E-state index contributed by atoms with van der Waals surface area (Å²) in [4.78, 5) is 30.8. The quantitative estimate of drug-likeness (QED) is 0.322. The van der Waals surface area contributed by atoms with Crippen molar-refractivity contribution in [1.29, 1.82) is 0 Å². The fourth-order valence-corrected chi connectivity index (χ4v) is 4.47. The monoisotopic (exact) mass is 550 g/mol. The van der Waals surface area contributed by atoms with E-state index in [1.807, 2.05) is 0 Å². The number of nitrogens with one attached hydrogen (secondary N) is 1. The van der Waals surface area contributed by atoms with Crippen molar-refractivity contribution < 1.29 is 28.9 Å². The number of aliphatic imine (C=N–C) groups is 1. The summed E-state index contributed by atoms with van der Waals surface area (Å²) in [6.45, 7) is 5.77. The number of carbonyl (C=O) groups excluding carboxylic acids is 2. The highest BCUT2D eigenvalue weighted by Gasteiger charge is 2.53. The fourth-order valence-electron chi connectivity index (χ4n) is 3.96. The first kappa shape index (κ1) is 28.8. The molecule has 0 saturated heterocycles. The Kier molecular flexibility index (Phi) is 9.45. The SMILES string of the molecule is CNC(=O)[C@]1(CCC(=O)OC(C)(C)C)N=C(c2ccc(OCCCO)cc2)O[C@@H]1c1ccc(Cl)cc1Cl. The van der Waals surface area contributed by atoms with Crippen LogP contribution in [0, 0.1) is 0 Å². The van der Waals surface area contributed by atoms with Gasteiger partial charge in [0.2, 0.25) is 5.90 Å². The molecule has 2 atom stereocenters. The third-order valence-electron chi connectivity index (χ3n) is 5.63. The Bertz CT molecular complexity index is 1150. The number of likely N-dealkylation sites (N-methyl/N-ethyl adjacent to an activating group) is 1.